The average Bonchev–Trinajstić information content (AvgIpc) is 2.71. The van der Waals surface area contributed by atoms with Gasteiger partial charge < -0.3 is 10.6 Å². The third-order valence-corrected chi connectivity index (χ3v) is 6.48. The molecule has 0 aliphatic heterocycles. The summed E-state index contributed by atoms with van der Waals surface area (Å²) in [5.41, 5.74) is 1.72. The molecule has 2 N–H and O–H groups in total. The lowest BCUT2D eigenvalue weighted by molar-refractivity contribution is -0.120. The van der Waals surface area contributed by atoms with Crippen LogP contribution in [0, 0.1) is 0 Å². The van der Waals surface area contributed by atoms with Crippen molar-refractivity contribution in [3.63, 3.8) is 0 Å². The minimum atomic E-state index is -3.34. The molecule has 0 bridgehead atoms. The van der Waals surface area contributed by atoms with Gasteiger partial charge in [-0.2, -0.15) is 0 Å². The minimum absolute atomic E-state index is 0.0214. The van der Waals surface area contributed by atoms with E-state index in [1.807, 2.05) is 12.1 Å². The number of carbonyl (C=O) groups excluding carboxylic acids is 2. The van der Waals surface area contributed by atoms with E-state index >= 15 is 0 Å². The normalized spacial score (nSPS) is 11.7. The number of hydrogen-bond donors (Lipinski definition) is 2. The maximum Gasteiger partial charge on any atom is 0.251 e. The van der Waals surface area contributed by atoms with Crippen LogP contribution in [0.1, 0.15) is 49.5 Å². The molecule has 2 aromatic carbocycles. The van der Waals surface area contributed by atoms with E-state index in [9.17, 15) is 18.0 Å². The van der Waals surface area contributed by atoms with Crippen LogP contribution in [0.3, 0.4) is 0 Å². The fourth-order valence-electron chi connectivity index (χ4n) is 2.84. The maximum atomic E-state index is 12.2. The van der Waals surface area contributed by atoms with Gasteiger partial charge in [0.05, 0.1) is 10.6 Å². The first-order valence-corrected chi connectivity index (χ1v) is 11.7. The van der Waals surface area contributed by atoms with E-state index in [1.54, 1.807) is 42.5 Å². The molecule has 0 aromatic heterocycles. The molecule has 0 aliphatic rings. The zero-order chi connectivity index (χ0) is 22.2. The van der Waals surface area contributed by atoms with Crippen LogP contribution in [0.5, 0.6) is 0 Å². The molecule has 0 unspecified atom stereocenters. The fraction of sp³-hybridized carbons (Fsp3) is 0.391. The molecule has 2 rings (SSSR count). The topological polar surface area (TPSA) is 92.3 Å². The van der Waals surface area contributed by atoms with Crippen LogP contribution in [0.2, 0.25) is 0 Å². The van der Waals surface area contributed by atoms with Gasteiger partial charge in [0.15, 0.2) is 9.84 Å². The molecule has 0 saturated heterocycles. The Morgan fingerprint density at radius 3 is 2.10 bits per heavy atom. The predicted molar refractivity (Wildman–Crippen MR) is 118 cm³/mol. The molecule has 2 amide bonds. The molecule has 0 saturated carbocycles. The van der Waals surface area contributed by atoms with E-state index in [2.05, 4.69) is 31.4 Å². The molecule has 0 aliphatic carbocycles. The van der Waals surface area contributed by atoms with Crippen LogP contribution in [0.25, 0.3) is 0 Å². The van der Waals surface area contributed by atoms with E-state index in [-0.39, 0.29) is 47.4 Å². The Balaban J connectivity index is 1.67. The highest BCUT2D eigenvalue weighted by Gasteiger charge is 2.15. The van der Waals surface area contributed by atoms with Crippen molar-refractivity contribution >= 4 is 21.7 Å². The summed E-state index contributed by atoms with van der Waals surface area (Å²) in [4.78, 5) is 24.4. The first kappa shape index (κ1) is 23.6. The SMILES string of the molecule is CC(C)(C)c1ccc(C(=O)NCCC(=O)NCCCS(=O)(=O)c2ccccc2)cc1. The van der Waals surface area contributed by atoms with Gasteiger partial charge in [0.2, 0.25) is 5.91 Å². The number of sulfone groups is 1. The van der Waals surface area contributed by atoms with E-state index in [0.29, 0.717) is 12.0 Å². The van der Waals surface area contributed by atoms with Gasteiger partial charge in [-0.1, -0.05) is 51.1 Å². The Kier molecular flexibility index (Phi) is 8.17. The highest BCUT2D eigenvalue weighted by molar-refractivity contribution is 7.91. The Labute approximate surface area is 179 Å². The highest BCUT2D eigenvalue weighted by Crippen LogP contribution is 2.22. The molecule has 30 heavy (non-hydrogen) atoms. The second kappa shape index (κ2) is 10.4. The third-order valence-electron chi connectivity index (χ3n) is 4.67. The van der Waals surface area contributed by atoms with Crippen molar-refractivity contribution in [3.05, 3.63) is 65.7 Å². The number of nitrogens with one attached hydrogen (secondary N) is 2. The van der Waals surface area contributed by atoms with Gasteiger partial charge in [0, 0.05) is 25.1 Å². The standard InChI is InChI=1S/C23H30N2O4S/c1-23(2,3)19-12-10-18(11-13-19)22(27)25-16-14-21(26)24-15-7-17-30(28,29)20-8-5-4-6-9-20/h4-6,8-13H,7,14-17H2,1-3H3,(H,24,26)(H,25,27). The first-order valence-electron chi connectivity index (χ1n) is 10.0. The van der Waals surface area contributed by atoms with Gasteiger partial charge in [-0.3, -0.25) is 9.59 Å². The number of amides is 2. The molecule has 6 nitrogen and oxygen atoms in total. The van der Waals surface area contributed by atoms with Gasteiger partial charge in [-0.15, -0.1) is 0 Å². The highest BCUT2D eigenvalue weighted by atomic mass is 32.2. The van der Waals surface area contributed by atoms with Crippen molar-refractivity contribution < 1.29 is 18.0 Å². The summed E-state index contributed by atoms with van der Waals surface area (Å²) in [6, 6.07) is 15.7. The largest absolute Gasteiger partial charge is 0.356 e. The van der Waals surface area contributed by atoms with Crippen LogP contribution < -0.4 is 10.6 Å². The maximum absolute atomic E-state index is 12.2. The summed E-state index contributed by atoms with van der Waals surface area (Å²) in [5, 5.41) is 5.42. The summed E-state index contributed by atoms with van der Waals surface area (Å²) >= 11 is 0. The quantitative estimate of drug-likeness (QED) is 0.598. The van der Waals surface area contributed by atoms with Gasteiger partial charge in [-0.05, 0) is 41.7 Å². The summed E-state index contributed by atoms with van der Waals surface area (Å²) < 4.78 is 24.3. The van der Waals surface area contributed by atoms with E-state index in [0.717, 1.165) is 5.56 Å². The lowest BCUT2D eigenvalue weighted by atomic mass is 9.87. The third kappa shape index (κ3) is 7.30. The number of benzene rings is 2. The van der Waals surface area contributed by atoms with Crippen LogP contribution in [-0.4, -0.2) is 39.1 Å². The van der Waals surface area contributed by atoms with E-state index in [1.165, 1.54) is 0 Å². The van der Waals surface area contributed by atoms with Crippen molar-refractivity contribution in [2.75, 3.05) is 18.8 Å². The molecular formula is C23H30N2O4S. The number of hydrogen-bond acceptors (Lipinski definition) is 4. The van der Waals surface area contributed by atoms with Gasteiger partial charge in [-0.25, -0.2) is 8.42 Å². The molecule has 0 atom stereocenters. The van der Waals surface area contributed by atoms with Crippen molar-refractivity contribution in [1.29, 1.82) is 0 Å². The number of rotatable bonds is 9. The lowest BCUT2D eigenvalue weighted by Crippen LogP contribution is -2.31. The van der Waals surface area contributed by atoms with Gasteiger partial charge in [0.1, 0.15) is 0 Å². The van der Waals surface area contributed by atoms with Crippen LogP contribution in [0.4, 0.5) is 0 Å². The molecule has 2 aromatic rings. The molecule has 0 radical (unpaired) electrons. The lowest BCUT2D eigenvalue weighted by Gasteiger charge is -2.19. The predicted octanol–water partition coefficient (Wildman–Crippen LogP) is 3.08. The van der Waals surface area contributed by atoms with Crippen molar-refractivity contribution in [2.45, 2.75) is 43.9 Å². The zero-order valence-electron chi connectivity index (χ0n) is 17.8. The smallest absolute Gasteiger partial charge is 0.251 e. The summed E-state index contributed by atoms with van der Waals surface area (Å²) in [6.07, 6.45) is 0.465. The summed E-state index contributed by atoms with van der Waals surface area (Å²) in [5.74, 6) is -0.480. The second-order valence-corrected chi connectivity index (χ2v) is 10.3. The molecule has 7 heteroatoms. The van der Waals surface area contributed by atoms with Crippen molar-refractivity contribution in [1.82, 2.24) is 10.6 Å². The van der Waals surface area contributed by atoms with Crippen molar-refractivity contribution in [2.24, 2.45) is 0 Å². The van der Waals surface area contributed by atoms with Crippen molar-refractivity contribution in [3.8, 4) is 0 Å². The monoisotopic (exact) mass is 430 g/mol. The van der Waals surface area contributed by atoms with Crippen LogP contribution in [-0.2, 0) is 20.0 Å². The Hall–Kier alpha value is -2.67. The number of carbonyl (C=O) groups is 2. The Bertz CT molecular complexity index is 947. The zero-order valence-corrected chi connectivity index (χ0v) is 18.6. The van der Waals surface area contributed by atoms with E-state index < -0.39 is 9.84 Å². The molecule has 0 heterocycles. The Morgan fingerprint density at radius 1 is 0.867 bits per heavy atom. The molecule has 0 fully saturated rings. The minimum Gasteiger partial charge on any atom is -0.356 e. The van der Waals surface area contributed by atoms with E-state index in [4.69, 9.17) is 0 Å². The summed E-state index contributed by atoms with van der Waals surface area (Å²) in [6.45, 7) is 6.81. The van der Waals surface area contributed by atoms with Crippen LogP contribution >= 0.6 is 0 Å². The Morgan fingerprint density at radius 2 is 1.50 bits per heavy atom. The second-order valence-electron chi connectivity index (χ2n) is 8.17. The summed E-state index contributed by atoms with van der Waals surface area (Å²) in [7, 11) is -3.34. The molecular weight excluding hydrogens is 400 g/mol. The average molecular weight is 431 g/mol. The van der Waals surface area contributed by atoms with Crippen LogP contribution in [0.15, 0.2) is 59.5 Å². The molecule has 0 spiro atoms. The van der Waals surface area contributed by atoms with Gasteiger partial charge >= 0.3 is 0 Å². The first-order chi connectivity index (χ1) is 14.1. The van der Waals surface area contributed by atoms with Gasteiger partial charge in [0.25, 0.3) is 5.91 Å². The fourth-order valence-corrected chi connectivity index (χ4v) is 4.17. The molecule has 162 valence electrons.